The molecule has 1 aliphatic heterocycles. The number of amides is 1. The van der Waals surface area contributed by atoms with Crippen molar-refractivity contribution >= 4 is 11.9 Å². The standard InChI is InChI=1S/C17H19N3O5/c1-20-15(17(22)23)12(8-19-20)7-18-16(21)11-5-10-3-4-13(24-2)6-14(10)25-9-11/h3-4,6,8,11H,5,7,9H2,1-2H3,(H,18,21)(H,22,23). The lowest BCUT2D eigenvalue weighted by atomic mass is 9.96. The van der Waals surface area contributed by atoms with Crippen LogP contribution in [0, 0.1) is 5.92 Å². The topological polar surface area (TPSA) is 103 Å². The highest BCUT2D eigenvalue weighted by molar-refractivity contribution is 5.87. The first-order valence-electron chi connectivity index (χ1n) is 7.81. The zero-order valence-corrected chi connectivity index (χ0v) is 14.0. The van der Waals surface area contributed by atoms with E-state index in [4.69, 9.17) is 9.47 Å². The first kappa shape index (κ1) is 16.8. The van der Waals surface area contributed by atoms with Crippen LogP contribution in [0.4, 0.5) is 0 Å². The molecule has 1 unspecified atom stereocenters. The molecule has 0 saturated heterocycles. The maximum atomic E-state index is 12.4. The molecule has 132 valence electrons. The Labute approximate surface area is 144 Å². The zero-order chi connectivity index (χ0) is 18.0. The normalized spacial score (nSPS) is 15.8. The van der Waals surface area contributed by atoms with Crippen molar-refractivity contribution in [2.45, 2.75) is 13.0 Å². The summed E-state index contributed by atoms with van der Waals surface area (Å²) in [5, 5.41) is 15.9. The highest BCUT2D eigenvalue weighted by Gasteiger charge is 2.26. The average molecular weight is 345 g/mol. The summed E-state index contributed by atoms with van der Waals surface area (Å²) >= 11 is 0. The zero-order valence-electron chi connectivity index (χ0n) is 14.0. The van der Waals surface area contributed by atoms with Crippen LogP contribution in [0.15, 0.2) is 24.4 Å². The van der Waals surface area contributed by atoms with Gasteiger partial charge in [0.15, 0.2) is 5.69 Å². The van der Waals surface area contributed by atoms with E-state index >= 15 is 0 Å². The highest BCUT2D eigenvalue weighted by atomic mass is 16.5. The molecule has 0 fully saturated rings. The number of nitrogens with zero attached hydrogens (tertiary/aromatic N) is 2. The molecule has 0 radical (unpaired) electrons. The number of fused-ring (bicyclic) bond motifs is 1. The molecule has 25 heavy (non-hydrogen) atoms. The molecule has 8 nitrogen and oxygen atoms in total. The van der Waals surface area contributed by atoms with E-state index in [1.165, 1.54) is 10.9 Å². The summed E-state index contributed by atoms with van der Waals surface area (Å²) in [5.41, 5.74) is 1.47. The fourth-order valence-electron chi connectivity index (χ4n) is 2.86. The third-order valence-electron chi connectivity index (χ3n) is 4.22. The average Bonchev–Trinajstić information content (AvgIpc) is 2.99. The van der Waals surface area contributed by atoms with Gasteiger partial charge in [-0.1, -0.05) is 6.07 Å². The third kappa shape index (κ3) is 3.42. The van der Waals surface area contributed by atoms with Crippen LogP contribution >= 0.6 is 0 Å². The minimum absolute atomic E-state index is 0.0673. The fourth-order valence-corrected chi connectivity index (χ4v) is 2.86. The van der Waals surface area contributed by atoms with Gasteiger partial charge in [-0.2, -0.15) is 5.10 Å². The number of aromatic nitrogens is 2. The van der Waals surface area contributed by atoms with Gasteiger partial charge in [-0.25, -0.2) is 4.79 Å². The molecule has 0 bridgehead atoms. The summed E-state index contributed by atoms with van der Waals surface area (Å²) in [6.45, 7) is 0.380. The van der Waals surface area contributed by atoms with E-state index < -0.39 is 5.97 Å². The second kappa shape index (κ2) is 6.84. The minimum atomic E-state index is -1.08. The summed E-state index contributed by atoms with van der Waals surface area (Å²) in [6.07, 6.45) is 2.01. The fraction of sp³-hybridized carbons (Fsp3) is 0.353. The lowest BCUT2D eigenvalue weighted by Crippen LogP contribution is -2.37. The number of ether oxygens (including phenoxy) is 2. The number of hydrogen-bond acceptors (Lipinski definition) is 5. The van der Waals surface area contributed by atoms with Gasteiger partial charge in [0, 0.05) is 25.2 Å². The summed E-state index contributed by atoms with van der Waals surface area (Å²) in [4.78, 5) is 23.6. The van der Waals surface area contributed by atoms with Gasteiger partial charge in [-0.05, 0) is 18.1 Å². The number of carboxylic acids is 1. The van der Waals surface area contributed by atoms with Gasteiger partial charge in [0.2, 0.25) is 5.91 Å². The molecule has 1 amide bonds. The van der Waals surface area contributed by atoms with Crippen molar-refractivity contribution in [2.24, 2.45) is 13.0 Å². The number of hydrogen-bond donors (Lipinski definition) is 2. The molecule has 1 aliphatic rings. The SMILES string of the molecule is COc1ccc2c(c1)OCC(C(=O)NCc1cnn(C)c1C(=O)O)C2. The van der Waals surface area contributed by atoms with Gasteiger partial charge in [0.25, 0.3) is 0 Å². The lowest BCUT2D eigenvalue weighted by molar-refractivity contribution is -0.126. The number of methoxy groups -OCH3 is 1. The number of rotatable bonds is 5. The molecular formula is C17H19N3O5. The number of carbonyl (C=O) groups excluding carboxylic acids is 1. The van der Waals surface area contributed by atoms with Crippen molar-refractivity contribution < 1.29 is 24.2 Å². The third-order valence-corrected chi connectivity index (χ3v) is 4.22. The molecule has 0 saturated carbocycles. The highest BCUT2D eigenvalue weighted by Crippen LogP contribution is 2.31. The van der Waals surface area contributed by atoms with Crippen molar-refractivity contribution in [3.05, 3.63) is 41.2 Å². The molecule has 2 heterocycles. The van der Waals surface area contributed by atoms with Crippen LogP contribution in [0.25, 0.3) is 0 Å². The molecular weight excluding hydrogens is 326 g/mol. The maximum absolute atomic E-state index is 12.4. The summed E-state index contributed by atoms with van der Waals surface area (Å²) in [6, 6.07) is 5.52. The monoisotopic (exact) mass is 345 g/mol. The van der Waals surface area contributed by atoms with Crippen molar-refractivity contribution in [3.8, 4) is 11.5 Å². The lowest BCUT2D eigenvalue weighted by Gasteiger charge is -2.25. The van der Waals surface area contributed by atoms with E-state index in [0.717, 1.165) is 11.3 Å². The Bertz CT molecular complexity index is 815. The molecule has 2 N–H and O–H groups in total. The molecule has 3 rings (SSSR count). The van der Waals surface area contributed by atoms with E-state index in [1.807, 2.05) is 12.1 Å². The molecule has 1 aromatic heterocycles. The van der Waals surface area contributed by atoms with E-state index in [0.29, 0.717) is 17.7 Å². The maximum Gasteiger partial charge on any atom is 0.354 e. The molecule has 2 aromatic rings. The molecule has 0 aliphatic carbocycles. The largest absolute Gasteiger partial charge is 0.497 e. The number of aromatic carboxylic acids is 1. The molecule has 8 heteroatoms. The molecule has 1 atom stereocenters. The minimum Gasteiger partial charge on any atom is -0.497 e. The van der Waals surface area contributed by atoms with E-state index in [1.54, 1.807) is 20.2 Å². The number of nitrogens with one attached hydrogen (secondary N) is 1. The second-order valence-corrected chi connectivity index (χ2v) is 5.85. The van der Waals surface area contributed by atoms with Gasteiger partial charge in [-0.15, -0.1) is 0 Å². The van der Waals surface area contributed by atoms with Crippen molar-refractivity contribution in [2.75, 3.05) is 13.7 Å². The van der Waals surface area contributed by atoms with Crippen LogP contribution in [0.2, 0.25) is 0 Å². The Morgan fingerprint density at radius 2 is 2.28 bits per heavy atom. The van der Waals surface area contributed by atoms with Crippen molar-refractivity contribution in [1.29, 1.82) is 0 Å². The number of aryl methyl sites for hydroxylation is 1. The predicted octanol–water partition coefficient (Wildman–Crippen LogP) is 0.994. The van der Waals surface area contributed by atoms with Crippen LogP contribution in [-0.4, -0.2) is 40.5 Å². The van der Waals surface area contributed by atoms with Gasteiger partial charge in [0.05, 0.1) is 19.2 Å². The van der Waals surface area contributed by atoms with Gasteiger partial charge in [-0.3, -0.25) is 9.48 Å². The Kier molecular flexibility index (Phi) is 4.60. The summed E-state index contributed by atoms with van der Waals surface area (Å²) in [7, 11) is 3.14. The second-order valence-electron chi connectivity index (χ2n) is 5.85. The molecule has 1 aromatic carbocycles. The van der Waals surface area contributed by atoms with Gasteiger partial charge >= 0.3 is 5.97 Å². The van der Waals surface area contributed by atoms with Crippen LogP contribution in [0.5, 0.6) is 11.5 Å². The first-order valence-corrected chi connectivity index (χ1v) is 7.81. The first-order chi connectivity index (χ1) is 12.0. The van der Waals surface area contributed by atoms with Crippen molar-refractivity contribution in [1.82, 2.24) is 15.1 Å². The number of carbonyl (C=O) groups is 2. The Hall–Kier alpha value is -3.03. The summed E-state index contributed by atoms with van der Waals surface area (Å²) in [5.74, 6) is -0.149. The molecule has 0 spiro atoms. The Balaban J connectivity index is 1.64. The van der Waals surface area contributed by atoms with Gasteiger partial charge < -0.3 is 19.9 Å². The van der Waals surface area contributed by atoms with Crippen LogP contribution in [0.1, 0.15) is 21.6 Å². The van der Waals surface area contributed by atoms with Gasteiger partial charge in [0.1, 0.15) is 18.1 Å². The predicted molar refractivity (Wildman–Crippen MR) is 87.7 cm³/mol. The van der Waals surface area contributed by atoms with Crippen LogP contribution < -0.4 is 14.8 Å². The number of benzene rings is 1. The smallest absolute Gasteiger partial charge is 0.354 e. The van der Waals surface area contributed by atoms with Crippen molar-refractivity contribution in [3.63, 3.8) is 0 Å². The van der Waals surface area contributed by atoms with E-state index in [-0.39, 0.29) is 30.7 Å². The summed E-state index contributed by atoms with van der Waals surface area (Å²) < 4.78 is 12.1. The number of carboxylic acid groups (broad SMARTS) is 1. The Morgan fingerprint density at radius 1 is 1.48 bits per heavy atom. The van der Waals surface area contributed by atoms with Crippen LogP contribution in [0.3, 0.4) is 0 Å². The van der Waals surface area contributed by atoms with Crippen LogP contribution in [-0.2, 0) is 24.8 Å². The quantitative estimate of drug-likeness (QED) is 0.838. The Morgan fingerprint density at radius 3 is 3.00 bits per heavy atom. The van der Waals surface area contributed by atoms with E-state index in [9.17, 15) is 14.7 Å². The van der Waals surface area contributed by atoms with E-state index in [2.05, 4.69) is 10.4 Å².